The number of hydrogen-bond acceptors (Lipinski definition) is 4. The van der Waals surface area contributed by atoms with Crippen molar-refractivity contribution in [3.05, 3.63) is 60.2 Å². The van der Waals surface area contributed by atoms with Crippen LogP contribution in [0.15, 0.2) is 48.8 Å². The molecule has 0 aliphatic heterocycles. The summed E-state index contributed by atoms with van der Waals surface area (Å²) in [6.45, 7) is 2.61. The van der Waals surface area contributed by atoms with Crippen molar-refractivity contribution in [2.75, 3.05) is 5.32 Å². The lowest BCUT2D eigenvalue weighted by atomic mass is 10.1. The lowest BCUT2D eigenvalue weighted by Gasteiger charge is -2.09. The highest BCUT2D eigenvalue weighted by atomic mass is 15.2. The second-order valence-electron chi connectivity index (χ2n) is 4.50. The molecule has 0 aliphatic carbocycles. The summed E-state index contributed by atoms with van der Waals surface area (Å²) in [5.74, 6) is 1.51. The van der Waals surface area contributed by atoms with E-state index < -0.39 is 0 Å². The van der Waals surface area contributed by atoms with Crippen LogP contribution >= 0.6 is 0 Å². The normalized spacial score (nSPS) is 10.4. The number of benzene rings is 1. The van der Waals surface area contributed by atoms with Gasteiger partial charge >= 0.3 is 0 Å². The van der Waals surface area contributed by atoms with Crippen molar-refractivity contribution in [1.29, 1.82) is 0 Å². The van der Waals surface area contributed by atoms with E-state index in [1.54, 1.807) is 6.20 Å². The second kappa shape index (κ2) is 5.52. The second-order valence-corrected chi connectivity index (χ2v) is 4.50. The zero-order valence-electron chi connectivity index (χ0n) is 11.2. The Morgan fingerprint density at radius 3 is 2.80 bits per heavy atom. The van der Waals surface area contributed by atoms with Gasteiger partial charge in [-0.05, 0) is 30.7 Å². The Kier molecular flexibility index (Phi) is 3.41. The van der Waals surface area contributed by atoms with Crippen LogP contribution in [0.1, 0.15) is 11.4 Å². The van der Waals surface area contributed by atoms with Crippen LogP contribution in [0.2, 0.25) is 0 Å². The molecule has 3 aromatic rings. The Bertz CT molecular complexity index is 690. The lowest BCUT2D eigenvalue weighted by molar-refractivity contribution is 1.04. The highest BCUT2D eigenvalue weighted by Gasteiger charge is 2.08. The summed E-state index contributed by atoms with van der Waals surface area (Å²) >= 11 is 0. The van der Waals surface area contributed by atoms with Crippen molar-refractivity contribution in [2.45, 2.75) is 13.5 Å². The van der Waals surface area contributed by atoms with Gasteiger partial charge in [0, 0.05) is 30.2 Å². The predicted molar refractivity (Wildman–Crippen MR) is 78.1 cm³/mol. The van der Waals surface area contributed by atoms with Gasteiger partial charge in [0.1, 0.15) is 5.82 Å². The Hall–Kier alpha value is -2.69. The van der Waals surface area contributed by atoms with E-state index in [1.165, 1.54) is 0 Å². The summed E-state index contributed by atoms with van der Waals surface area (Å²) < 4.78 is 0. The van der Waals surface area contributed by atoms with Gasteiger partial charge < -0.3 is 5.32 Å². The maximum atomic E-state index is 4.38. The molecule has 5 nitrogen and oxygen atoms in total. The van der Waals surface area contributed by atoms with Crippen LogP contribution < -0.4 is 5.32 Å². The molecule has 2 N–H and O–H groups in total. The molecule has 5 heteroatoms. The molecular weight excluding hydrogens is 250 g/mol. The van der Waals surface area contributed by atoms with Gasteiger partial charge in [-0.15, -0.1) is 0 Å². The van der Waals surface area contributed by atoms with E-state index in [1.807, 2.05) is 49.5 Å². The van der Waals surface area contributed by atoms with Crippen LogP contribution in [-0.4, -0.2) is 20.2 Å². The first kappa shape index (κ1) is 12.3. The van der Waals surface area contributed by atoms with Crippen LogP contribution in [0.3, 0.4) is 0 Å². The number of aromatic nitrogens is 4. The topological polar surface area (TPSA) is 66.5 Å². The molecule has 0 saturated heterocycles. The number of anilines is 1. The Morgan fingerprint density at radius 2 is 2.05 bits per heavy atom. The molecule has 3 rings (SSSR count). The van der Waals surface area contributed by atoms with Crippen LogP contribution in [-0.2, 0) is 6.54 Å². The fraction of sp³-hybridized carbons (Fsp3) is 0.133. The van der Waals surface area contributed by atoms with E-state index in [0.717, 1.165) is 22.6 Å². The smallest absolute Gasteiger partial charge is 0.183 e. The van der Waals surface area contributed by atoms with E-state index in [2.05, 4.69) is 25.5 Å². The number of H-pyrrole nitrogens is 1. The van der Waals surface area contributed by atoms with Crippen molar-refractivity contribution in [2.24, 2.45) is 0 Å². The van der Waals surface area contributed by atoms with Crippen LogP contribution in [0.4, 0.5) is 5.69 Å². The molecule has 0 unspecified atom stereocenters. The fourth-order valence-electron chi connectivity index (χ4n) is 2.00. The number of nitrogens with zero attached hydrogens (tertiary/aromatic N) is 3. The first-order valence-electron chi connectivity index (χ1n) is 6.44. The molecule has 0 radical (unpaired) electrons. The van der Waals surface area contributed by atoms with Gasteiger partial charge in [0.15, 0.2) is 5.82 Å². The van der Waals surface area contributed by atoms with Crippen LogP contribution in [0, 0.1) is 6.92 Å². The summed E-state index contributed by atoms with van der Waals surface area (Å²) in [5, 5.41) is 10.5. The van der Waals surface area contributed by atoms with Crippen molar-refractivity contribution in [1.82, 2.24) is 20.2 Å². The van der Waals surface area contributed by atoms with Gasteiger partial charge in [-0.1, -0.05) is 18.2 Å². The third-order valence-electron chi connectivity index (χ3n) is 2.97. The molecule has 100 valence electrons. The molecule has 0 amide bonds. The first-order chi connectivity index (χ1) is 9.83. The molecule has 0 spiro atoms. The van der Waals surface area contributed by atoms with Gasteiger partial charge in [-0.25, -0.2) is 4.98 Å². The first-order valence-corrected chi connectivity index (χ1v) is 6.44. The maximum Gasteiger partial charge on any atom is 0.183 e. The molecular formula is C15H15N5. The Labute approximate surface area is 117 Å². The number of pyridine rings is 1. The fourth-order valence-corrected chi connectivity index (χ4v) is 2.00. The molecule has 0 fully saturated rings. The Balaban J connectivity index is 1.83. The highest BCUT2D eigenvalue weighted by Crippen LogP contribution is 2.25. The molecule has 0 saturated carbocycles. The number of rotatable bonds is 4. The number of aryl methyl sites for hydroxylation is 1. The van der Waals surface area contributed by atoms with Crippen LogP contribution in [0.5, 0.6) is 0 Å². The van der Waals surface area contributed by atoms with Gasteiger partial charge in [-0.2, -0.15) is 5.10 Å². The lowest BCUT2D eigenvalue weighted by Crippen LogP contribution is -2.01. The monoisotopic (exact) mass is 265 g/mol. The van der Waals surface area contributed by atoms with E-state index >= 15 is 0 Å². The average molecular weight is 265 g/mol. The van der Waals surface area contributed by atoms with E-state index in [-0.39, 0.29) is 0 Å². The zero-order chi connectivity index (χ0) is 13.8. The Morgan fingerprint density at radius 1 is 1.15 bits per heavy atom. The molecule has 0 bridgehead atoms. The van der Waals surface area contributed by atoms with Crippen molar-refractivity contribution >= 4 is 5.69 Å². The highest BCUT2D eigenvalue weighted by molar-refractivity contribution is 5.73. The van der Waals surface area contributed by atoms with Crippen molar-refractivity contribution in [3.8, 4) is 11.4 Å². The summed E-state index contributed by atoms with van der Waals surface area (Å²) in [6, 6.07) is 12.0. The molecule has 20 heavy (non-hydrogen) atoms. The maximum absolute atomic E-state index is 4.38. The molecule has 0 aliphatic rings. The minimum absolute atomic E-state index is 0.705. The number of hydrogen-bond donors (Lipinski definition) is 2. The summed E-state index contributed by atoms with van der Waals surface area (Å²) in [5.41, 5.74) is 3.13. The largest absolute Gasteiger partial charge is 0.380 e. The van der Waals surface area contributed by atoms with Gasteiger partial charge in [0.25, 0.3) is 0 Å². The van der Waals surface area contributed by atoms with Crippen molar-refractivity contribution < 1.29 is 0 Å². The third-order valence-corrected chi connectivity index (χ3v) is 2.97. The number of nitrogens with one attached hydrogen (secondary N) is 2. The molecule has 2 heterocycles. The van der Waals surface area contributed by atoms with Crippen molar-refractivity contribution in [3.63, 3.8) is 0 Å². The summed E-state index contributed by atoms with van der Waals surface area (Å²) in [4.78, 5) is 8.49. The molecule has 2 aromatic heterocycles. The zero-order valence-corrected chi connectivity index (χ0v) is 11.2. The van der Waals surface area contributed by atoms with E-state index in [9.17, 15) is 0 Å². The minimum Gasteiger partial charge on any atom is -0.380 e. The third kappa shape index (κ3) is 2.66. The quantitative estimate of drug-likeness (QED) is 0.761. The summed E-state index contributed by atoms with van der Waals surface area (Å²) in [7, 11) is 0. The average Bonchev–Trinajstić information content (AvgIpc) is 2.93. The van der Waals surface area contributed by atoms with Crippen LogP contribution in [0.25, 0.3) is 11.4 Å². The standard InChI is InChI=1S/C15H15N5/c1-11-18-15(20-19-11)13-6-2-3-7-14(13)17-10-12-5-4-8-16-9-12/h2-9,17H,10H2,1H3,(H,18,19,20). The van der Waals surface area contributed by atoms with E-state index in [4.69, 9.17) is 0 Å². The summed E-state index contributed by atoms with van der Waals surface area (Å²) in [6.07, 6.45) is 3.63. The van der Waals surface area contributed by atoms with Gasteiger partial charge in [0.2, 0.25) is 0 Å². The molecule has 0 atom stereocenters. The number of para-hydroxylation sites is 1. The molecule has 1 aromatic carbocycles. The van der Waals surface area contributed by atoms with Gasteiger partial charge in [-0.3, -0.25) is 10.1 Å². The SMILES string of the molecule is Cc1nc(-c2ccccc2NCc2cccnc2)n[nH]1. The minimum atomic E-state index is 0.705. The predicted octanol–water partition coefficient (Wildman–Crippen LogP) is 2.79. The number of aromatic amines is 1. The van der Waals surface area contributed by atoms with Gasteiger partial charge in [0.05, 0.1) is 0 Å². The van der Waals surface area contributed by atoms with E-state index in [0.29, 0.717) is 12.4 Å².